The van der Waals surface area contributed by atoms with E-state index in [0.29, 0.717) is 17.1 Å². The molecular weight excluding hydrogens is 604 g/mol. The summed E-state index contributed by atoms with van der Waals surface area (Å²) in [5, 5.41) is 97.0. The van der Waals surface area contributed by atoms with Crippen molar-refractivity contribution >= 4 is 23.2 Å². The van der Waals surface area contributed by atoms with E-state index in [-0.39, 0.29) is 17.6 Å². The van der Waals surface area contributed by atoms with Gasteiger partial charge in [-0.15, -0.1) is 0 Å². The lowest BCUT2D eigenvalue weighted by Gasteiger charge is -2.39. The molecule has 2 fully saturated rings. The Morgan fingerprint density at radius 2 is 1.07 bits per heavy atom. The van der Waals surface area contributed by atoms with Gasteiger partial charge in [-0.25, -0.2) is 0 Å². The van der Waals surface area contributed by atoms with Crippen LogP contribution in [0.4, 0.5) is 11.4 Å². The van der Waals surface area contributed by atoms with Gasteiger partial charge in [-0.05, 0) is 48.5 Å². The standard InChI is InChI=1S/C14H19NO7.C8H9NO2.C6H12O6/c1-7(17)15-8-2-4-9(5-3-8)21-14-13(20)12(19)11(18)10(6-16)22-14;1-6(10)9-7-2-4-8(11)5-3-7;7-1-2-3(8)4(9)5(10)6(11)12-2/h2-5,10-14,16,18-20H,6H2,1H3,(H,15,17);2-5,11H,1H3,(H,9,10);2-11H,1H2/t10?,11-,12-,13?,14+;;2?,3-,4-,5?,6?/m0.0/s1. The Hall–Kier alpha value is -3.46. The Balaban J connectivity index is 0.000000259. The molecule has 10 atom stereocenters. The van der Waals surface area contributed by atoms with E-state index in [1.807, 2.05) is 0 Å². The van der Waals surface area contributed by atoms with Crippen LogP contribution in [0.2, 0.25) is 0 Å². The van der Waals surface area contributed by atoms with Crippen molar-refractivity contribution in [3.05, 3.63) is 48.5 Å². The lowest BCUT2D eigenvalue weighted by atomic mass is 9.99. The molecule has 45 heavy (non-hydrogen) atoms. The van der Waals surface area contributed by atoms with E-state index in [2.05, 4.69) is 15.4 Å². The molecule has 0 aliphatic carbocycles. The van der Waals surface area contributed by atoms with Crippen molar-refractivity contribution in [2.24, 2.45) is 0 Å². The number of carbonyl (C=O) groups excluding carboxylic acids is 2. The van der Waals surface area contributed by atoms with Gasteiger partial charge >= 0.3 is 0 Å². The summed E-state index contributed by atoms with van der Waals surface area (Å²) in [5.74, 6) is 0.204. The van der Waals surface area contributed by atoms with E-state index in [0.717, 1.165) is 0 Å². The molecule has 5 unspecified atom stereocenters. The third-order valence-electron chi connectivity index (χ3n) is 6.33. The van der Waals surface area contributed by atoms with Crippen LogP contribution < -0.4 is 15.4 Å². The van der Waals surface area contributed by atoms with Gasteiger partial charge in [0.25, 0.3) is 0 Å². The summed E-state index contributed by atoms with van der Waals surface area (Å²) in [6.07, 6.45) is -13.7. The first-order valence-corrected chi connectivity index (χ1v) is 13.6. The maximum Gasteiger partial charge on any atom is 0.229 e. The Morgan fingerprint density at radius 1 is 0.644 bits per heavy atom. The van der Waals surface area contributed by atoms with E-state index in [1.165, 1.54) is 26.0 Å². The first-order chi connectivity index (χ1) is 21.2. The van der Waals surface area contributed by atoms with Crippen molar-refractivity contribution in [3.8, 4) is 11.5 Å². The number of carbonyl (C=O) groups is 2. The van der Waals surface area contributed by atoms with Crippen molar-refractivity contribution in [1.82, 2.24) is 0 Å². The highest BCUT2D eigenvalue weighted by molar-refractivity contribution is 5.89. The predicted octanol–water partition coefficient (Wildman–Crippen LogP) is -3.05. The van der Waals surface area contributed by atoms with Crippen LogP contribution in [0, 0.1) is 0 Å². The van der Waals surface area contributed by atoms with Crippen LogP contribution in [0.25, 0.3) is 0 Å². The molecule has 4 rings (SSSR count). The molecule has 0 aromatic heterocycles. The number of anilines is 2. The molecule has 0 bridgehead atoms. The van der Waals surface area contributed by atoms with E-state index in [4.69, 9.17) is 45.2 Å². The van der Waals surface area contributed by atoms with E-state index in [1.54, 1.807) is 36.4 Å². The fourth-order valence-electron chi connectivity index (χ4n) is 3.95. The highest BCUT2D eigenvalue weighted by atomic mass is 16.7. The van der Waals surface area contributed by atoms with Crippen LogP contribution in [0.3, 0.4) is 0 Å². The molecule has 17 nitrogen and oxygen atoms in total. The minimum absolute atomic E-state index is 0.115. The Morgan fingerprint density at radius 3 is 1.51 bits per heavy atom. The molecule has 2 aromatic rings. The molecule has 2 aliphatic heterocycles. The first kappa shape index (κ1) is 37.7. The van der Waals surface area contributed by atoms with Crippen LogP contribution in [0.5, 0.6) is 11.5 Å². The van der Waals surface area contributed by atoms with Gasteiger partial charge in [0.15, 0.2) is 6.29 Å². The molecule has 2 aromatic carbocycles. The van der Waals surface area contributed by atoms with Crippen LogP contribution in [0.1, 0.15) is 13.8 Å². The molecule has 2 aliphatic rings. The van der Waals surface area contributed by atoms with Gasteiger partial charge in [-0.3, -0.25) is 9.59 Å². The van der Waals surface area contributed by atoms with E-state index >= 15 is 0 Å². The number of aliphatic hydroxyl groups is 9. The molecular formula is C28H40N2O15. The summed E-state index contributed by atoms with van der Waals surface area (Å²) in [4.78, 5) is 21.4. The molecule has 252 valence electrons. The molecule has 2 saturated heterocycles. The minimum atomic E-state index is -1.57. The van der Waals surface area contributed by atoms with Crippen molar-refractivity contribution in [2.75, 3.05) is 23.8 Å². The topological polar surface area (TPSA) is 288 Å². The van der Waals surface area contributed by atoms with Crippen LogP contribution in [-0.2, 0) is 19.1 Å². The highest BCUT2D eigenvalue weighted by Gasteiger charge is 2.45. The summed E-state index contributed by atoms with van der Waals surface area (Å²) in [6.45, 7) is 1.78. The lowest BCUT2D eigenvalue weighted by molar-refractivity contribution is -0.286. The zero-order valence-electron chi connectivity index (χ0n) is 24.3. The largest absolute Gasteiger partial charge is 0.508 e. The average Bonchev–Trinajstić information content (AvgIpc) is 3.00. The number of rotatable bonds is 6. The number of phenolic OH excluding ortho intramolecular Hbond substituents is 1. The molecule has 0 saturated carbocycles. The smallest absolute Gasteiger partial charge is 0.229 e. The van der Waals surface area contributed by atoms with Crippen molar-refractivity contribution < 1.29 is 74.9 Å². The second-order valence-electron chi connectivity index (χ2n) is 9.97. The highest BCUT2D eigenvalue weighted by Crippen LogP contribution is 2.25. The third kappa shape index (κ3) is 11.4. The third-order valence-corrected chi connectivity index (χ3v) is 6.33. The number of hydrogen-bond donors (Lipinski definition) is 12. The zero-order valence-corrected chi connectivity index (χ0v) is 24.3. The van der Waals surface area contributed by atoms with Crippen LogP contribution in [0.15, 0.2) is 48.5 Å². The van der Waals surface area contributed by atoms with Gasteiger partial charge in [0.1, 0.15) is 60.3 Å². The molecule has 0 radical (unpaired) electrons. The number of ether oxygens (including phenoxy) is 3. The van der Waals surface area contributed by atoms with Gasteiger partial charge in [0.2, 0.25) is 18.1 Å². The van der Waals surface area contributed by atoms with Gasteiger partial charge in [0.05, 0.1) is 13.2 Å². The van der Waals surface area contributed by atoms with Crippen molar-refractivity contribution in [2.45, 2.75) is 75.3 Å². The van der Waals surface area contributed by atoms with Gasteiger partial charge in [-0.2, -0.15) is 0 Å². The fraction of sp³-hybridized carbons (Fsp3) is 0.500. The average molecular weight is 645 g/mol. The molecule has 17 heteroatoms. The normalized spacial score (nSPS) is 30.8. The minimum Gasteiger partial charge on any atom is -0.508 e. The molecule has 2 heterocycles. The first-order valence-electron chi connectivity index (χ1n) is 13.6. The predicted molar refractivity (Wildman–Crippen MR) is 154 cm³/mol. The molecule has 2 amide bonds. The Bertz CT molecular complexity index is 1180. The van der Waals surface area contributed by atoms with Crippen LogP contribution in [-0.4, -0.2) is 138 Å². The van der Waals surface area contributed by atoms with Gasteiger partial charge in [0, 0.05) is 25.2 Å². The SMILES string of the molecule is CC(=O)Nc1ccc(O)cc1.CC(=O)Nc1ccc(O[C@@H]2OC(CO)[C@H](O)[C@H](O)C2O)cc1.OCC1OC(O)C(O)[C@@H](O)[C@H]1O. The number of amides is 2. The number of aliphatic hydroxyl groups excluding tert-OH is 9. The van der Waals surface area contributed by atoms with E-state index < -0.39 is 74.6 Å². The Kier molecular flexibility index (Phi) is 15.0. The lowest BCUT2D eigenvalue weighted by Crippen LogP contribution is -2.60. The second-order valence-corrected chi connectivity index (χ2v) is 9.97. The number of phenols is 1. The van der Waals surface area contributed by atoms with Crippen molar-refractivity contribution in [3.63, 3.8) is 0 Å². The quantitative estimate of drug-likeness (QED) is 0.139. The zero-order chi connectivity index (χ0) is 33.8. The maximum atomic E-state index is 10.9. The second kappa shape index (κ2) is 17.9. The summed E-state index contributed by atoms with van der Waals surface area (Å²) in [7, 11) is 0. The summed E-state index contributed by atoms with van der Waals surface area (Å²) >= 11 is 0. The molecule has 12 N–H and O–H groups in total. The fourth-order valence-corrected chi connectivity index (χ4v) is 3.95. The number of hydrogen-bond acceptors (Lipinski definition) is 15. The summed E-state index contributed by atoms with van der Waals surface area (Å²) in [5.41, 5.74) is 1.27. The monoisotopic (exact) mass is 644 g/mol. The van der Waals surface area contributed by atoms with Crippen molar-refractivity contribution in [1.29, 1.82) is 0 Å². The van der Waals surface area contributed by atoms with Crippen LogP contribution >= 0.6 is 0 Å². The molecule has 0 spiro atoms. The maximum absolute atomic E-state index is 10.9. The number of nitrogens with one attached hydrogen (secondary N) is 2. The van der Waals surface area contributed by atoms with Gasteiger partial charge < -0.3 is 75.9 Å². The number of benzene rings is 2. The van der Waals surface area contributed by atoms with E-state index in [9.17, 15) is 24.9 Å². The summed E-state index contributed by atoms with van der Waals surface area (Å²) < 4.78 is 15.2. The summed E-state index contributed by atoms with van der Waals surface area (Å²) in [6, 6.07) is 12.6. The Labute approximate surface area is 257 Å². The van der Waals surface area contributed by atoms with Gasteiger partial charge in [-0.1, -0.05) is 0 Å². The number of aromatic hydroxyl groups is 1.